The lowest BCUT2D eigenvalue weighted by molar-refractivity contribution is -0.140. The van der Waals surface area contributed by atoms with E-state index in [0.29, 0.717) is 0 Å². The number of nitrogen functional groups attached to an aromatic ring is 1. The van der Waals surface area contributed by atoms with Gasteiger partial charge in [0.25, 0.3) is 0 Å². The third kappa shape index (κ3) is 3.65. The zero-order chi connectivity index (χ0) is 14.6. The molecule has 6 nitrogen and oxygen atoms in total. The van der Waals surface area contributed by atoms with E-state index in [2.05, 4.69) is 4.74 Å². The van der Waals surface area contributed by atoms with Crippen molar-refractivity contribution in [2.45, 2.75) is 11.3 Å². The predicted octanol–water partition coefficient (Wildman–Crippen LogP) is 0.591. The number of nitrogens with zero attached hydrogens (tertiary/aromatic N) is 1. The van der Waals surface area contributed by atoms with Crippen LogP contribution in [0, 0.1) is 5.82 Å². The van der Waals surface area contributed by atoms with Crippen LogP contribution in [0.4, 0.5) is 10.1 Å². The van der Waals surface area contributed by atoms with Crippen LogP contribution in [0.15, 0.2) is 23.1 Å². The second-order valence-electron chi connectivity index (χ2n) is 3.84. The largest absolute Gasteiger partial charge is 0.469 e. The van der Waals surface area contributed by atoms with E-state index in [1.165, 1.54) is 20.2 Å². The number of nitrogens with two attached hydrogens (primary N) is 1. The van der Waals surface area contributed by atoms with Crippen molar-refractivity contribution in [3.63, 3.8) is 0 Å². The number of benzene rings is 1. The van der Waals surface area contributed by atoms with Gasteiger partial charge in [0.2, 0.25) is 10.0 Å². The highest BCUT2D eigenvalue weighted by Crippen LogP contribution is 2.20. The highest BCUT2D eigenvalue weighted by atomic mass is 32.2. The molecule has 0 aliphatic rings. The maximum Gasteiger partial charge on any atom is 0.306 e. The van der Waals surface area contributed by atoms with E-state index >= 15 is 0 Å². The van der Waals surface area contributed by atoms with Gasteiger partial charge >= 0.3 is 5.97 Å². The fraction of sp³-hybridized carbons (Fsp3) is 0.364. The molecule has 0 bridgehead atoms. The standard InChI is InChI=1S/C11H15FN2O4S/c1-14(6-5-11(15)18-2)19(16,17)10-4-3-8(13)7-9(10)12/h3-4,7H,5-6,13H2,1-2H3. The fourth-order valence-electron chi connectivity index (χ4n) is 1.37. The van der Waals surface area contributed by atoms with Crippen LogP contribution in [-0.2, 0) is 19.6 Å². The van der Waals surface area contributed by atoms with Gasteiger partial charge in [0.1, 0.15) is 10.7 Å². The Labute approximate surface area is 111 Å². The third-order valence-electron chi connectivity index (χ3n) is 2.50. The topological polar surface area (TPSA) is 89.7 Å². The van der Waals surface area contributed by atoms with Crippen molar-refractivity contribution in [1.29, 1.82) is 0 Å². The average molecular weight is 290 g/mol. The summed E-state index contributed by atoms with van der Waals surface area (Å²) >= 11 is 0. The Hall–Kier alpha value is -1.67. The summed E-state index contributed by atoms with van der Waals surface area (Å²) in [7, 11) is -1.53. The average Bonchev–Trinajstić information content (AvgIpc) is 2.34. The Kier molecular flexibility index (Phi) is 4.84. The minimum atomic E-state index is -4.00. The Morgan fingerprint density at radius 3 is 2.63 bits per heavy atom. The van der Waals surface area contributed by atoms with E-state index in [-0.39, 0.29) is 18.7 Å². The second kappa shape index (κ2) is 5.98. The summed E-state index contributed by atoms with van der Waals surface area (Å²) in [6, 6.07) is 3.32. The summed E-state index contributed by atoms with van der Waals surface area (Å²) < 4.78 is 43.0. The summed E-state index contributed by atoms with van der Waals surface area (Å²) in [5, 5.41) is 0. The number of methoxy groups -OCH3 is 1. The van der Waals surface area contributed by atoms with Gasteiger partial charge in [-0.2, -0.15) is 0 Å². The van der Waals surface area contributed by atoms with Gasteiger partial charge in [0.05, 0.1) is 13.5 Å². The van der Waals surface area contributed by atoms with Gasteiger partial charge < -0.3 is 10.5 Å². The van der Waals surface area contributed by atoms with Gasteiger partial charge in [-0.25, -0.2) is 17.1 Å². The van der Waals surface area contributed by atoms with Crippen LogP contribution in [0.3, 0.4) is 0 Å². The molecule has 0 aliphatic heterocycles. The summed E-state index contributed by atoms with van der Waals surface area (Å²) in [6.45, 7) is -0.0984. The quantitative estimate of drug-likeness (QED) is 0.633. The lowest BCUT2D eigenvalue weighted by Gasteiger charge is -2.17. The molecule has 1 aromatic carbocycles. The van der Waals surface area contributed by atoms with Gasteiger partial charge in [-0.1, -0.05) is 0 Å². The van der Waals surface area contributed by atoms with Gasteiger partial charge in [-0.15, -0.1) is 0 Å². The number of carbonyl (C=O) groups is 1. The Bertz CT molecular complexity index is 574. The molecule has 19 heavy (non-hydrogen) atoms. The molecule has 106 valence electrons. The molecule has 0 spiro atoms. The Morgan fingerprint density at radius 1 is 1.47 bits per heavy atom. The molecule has 0 saturated heterocycles. The number of anilines is 1. The summed E-state index contributed by atoms with van der Waals surface area (Å²) in [6.07, 6.45) is -0.108. The molecule has 0 atom stereocenters. The SMILES string of the molecule is COC(=O)CCN(C)S(=O)(=O)c1ccc(N)cc1F. The molecule has 0 radical (unpaired) electrons. The first-order valence-electron chi connectivity index (χ1n) is 5.37. The molecule has 0 saturated carbocycles. The fourth-order valence-corrected chi connectivity index (χ4v) is 2.58. The van der Waals surface area contributed by atoms with E-state index < -0.39 is 26.7 Å². The molecule has 0 amide bonds. The number of hydrogen-bond donors (Lipinski definition) is 1. The number of rotatable bonds is 5. The molecule has 0 fully saturated rings. The van der Waals surface area contributed by atoms with Crippen molar-refractivity contribution < 1.29 is 22.3 Å². The normalized spacial score (nSPS) is 11.6. The van der Waals surface area contributed by atoms with E-state index in [9.17, 15) is 17.6 Å². The second-order valence-corrected chi connectivity index (χ2v) is 5.86. The number of ether oxygens (including phenoxy) is 1. The van der Waals surface area contributed by atoms with Crippen LogP contribution in [-0.4, -0.2) is 39.4 Å². The van der Waals surface area contributed by atoms with Crippen molar-refractivity contribution in [3.8, 4) is 0 Å². The van der Waals surface area contributed by atoms with E-state index in [1.807, 2.05) is 0 Å². The first-order valence-corrected chi connectivity index (χ1v) is 6.81. The maximum absolute atomic E-state index is 13.6. The van der Waals surface area contributed by atoms with Crippen LogP contribution >= 0.6 is 0 Å². The molecule has 0 unspecified atom stereocenters. The predicted molar refractivity (Wildman–Crippen MR) is 67.3 cm³/mol. The molecule has 0 aromatic heterocycles. The van der Waals surface area contributed by atoms with Crippen molar-refractivity contribution in [3.05, 3.63) is 24.0 Å². The number of halogens is 1. The van der Waals surface area contributed by atoms with Gasteiger partial charge in [0, 0.05) is 19.3 Å². The molecule has 0 heterocycles. The van der Waals surface area contributed by atoms with E-state index in [0.717, 1.165) is 16.4 Å². The van der Waals surface area contributed by atoms with Crippen LogP contribution in [0.1, 0.15) is 6.42 Å². The van der Waals surface area contributed by atoms with Gasteiger partial charge in [-0.05, 0) is 18.2 Å². The minimum absolute atomic E-state index is 0.0984. The summed E-state index contributed by atoms with van der Waals surface area (Å²) in [5.74, 6) is -1.47. The number of sulfonamides is 1. The van der Waals surface area contributed by atoms with Crippen molar-refractivity contribution in [2.75, 3.05) is 26.4 Å². The van der Waals surface area contributed by atoms with Crippen LogP contribution in [0.2, 0.25) is 0 Å². The molecule has 8 heteroatoms. The molecule has 2 N–H and O–H groups in total. The summed E-state index contributed by atoms with van der Waals surface area (Å²) in [4.78, 5) is 10.5. The maximum atomic E-state index is 13.6. The minimum Gasteiger partial charge on any atom is -0.469 e. The Balaban J connectivity index is 2.94. The monoisotopic (exact) mass is 290 g/mol. The number of hydrogen-bond acceptors (Lipinski definition) is 5. The lowest BCUT2D eigenvalue weighted by atomic mass is 10.3. The highest BCUT2D eigenvalue weighted by molar-refractivity contribution is 7.89. The van der Waals surface area contributed by atoms with Crippen LogP contribution in [0.5, 0.6) is 0 Å². The molecular weight excluding hydrogens is 275 g/mol. The van der Waals surface area contributed by atoms with Crippen LogP contribution in [0.25, 0.3) is 0 Å². The van der Waals surface area contributed by atoms with E-state index in [4.69, 9.17) is 5.73 Å². The van der Waals surface area contributed by atoms with Crippen molar-refractivity contribution >= 4 is 21.7 Å². The number of carbonyl (C=O) groups excluding carboxylic acids is 1. The molecule has 1 rings (SSSR count). The third-order valence-corrected chi connectivity index (χ3v) is 4.39. The molecular formula is C11H15FN2O4S. The van der Waals surface area contributed by atoms with Crippen LogP contribution < -0.4 is 5.73 Å². The van der Waals surface area contributed by atoms with Gasteiger partial charge in [-0.3, -0.25) is 4.79 Å². The Morgan fingerprint density at radius 2 is 2.11 bits per heavy atom. The van der Waals surface area contributed by atoms with E-state index in [1.54, 1.807) is 0 Å². The zero-order valence-electron chi connectivity index (χ0n) is 10.6. The number of esters is 1. The zero-order valence-corrected chi connectivity index (χ0v) is 11.4. The lowest BCUT2D eigenvalue weighted by Crippen LogP contribution is -2.30. The summed E-state index contributed by atoms with van der Waals surface area (Å²) in [5.41, 5.74) is 5.49. The molecule has 1 aromatic rings. The molecule has 0 aliphatic carbocycles. The first-order chi connectivity index (χ1) is 8.78. The van der Waals surface area contributed by atoms with Crippen molar-refractivity contribution in [2.24, 2.45) is 0 Å². The van der Waals surface area contributed by atoms with Crippen molar-refractivity contribution in [1.82, 2.24) is 4.31 Å². The van der Waals surface area contributed by atoms with Gasteiger partial charge in [0.15, 0.2) is 0 Å². The first kappa shape index (κ1) is 15.4. The highest BCUT2D eigenvalue weighted by Gasteiger charge is 2.24. The smallest absolute Gasteiger partial charge is 0.306 e.